The number of anilines is 1. The number of rotatable bonds is 2. The van der Waals surface area contributed by atoms with E-state index in [1.165, 1.54) is 17.7 Å². The van der Waals surface area contributed by atoms with Crippen LogP contribution in [0.3, 0.4) is 0 Å². The summed E-state index contributed by atoms with van der Waals surface area (Å²) in [5.41, 5.74) is 0.583. The zero-order valence-corrected chi connectivity index (χ0v) is 14.3. The van der Waals surface area contributed by atoms with E-state index >= 15 is 0 Å². The van der Waals surface area contributed by atoms with E-state index in [1.807, 2.05) is 26.8 Å². The fraction of sp³-hybridized carbons (Fsp3) is 0.647. The molecule has 1 amide bonds. The largest absolute Gasteiger partial charge is 0.443 e. The van der Waals surface area contributed by atoms with Gasteiger partial charge in [0.05, 0.1) is 0 Å². The summed E-state index contributed by atoms with van der Waals surface area (Å²) in [5.74, 6) is 0.690. The van der Waals surface area contributed by atoms with Gasteiger partial charge in [0.15, 0.2) is 0 Å². The Morgan fingerprint density at radius 2 is 2.14 bits per heavy atom. The number of ether oxygens (including phenoxy) is 1. The molecule has 0 aromatic carbocycles. The number of carbonyl (C=O) groups excluding carboxylic acids is 1. The van der Waals surface area contributed by atoms with Gasteiger partial charge in [-0.05, 0) is 53.3 Å². The third kappa shape index (κ3) is 3.97. The van der Waals surface area contributed by atoms with Gasteiger partial charge < -0.3 is 4.74 Å². The van der Waals surface area contributed by atoms with Crippen molar-refractivity contribution in [3.8, 4) is 0 Å². The zero-order valence-electron chi connectivity index (χ0n) is 14.3. The van der Waals surface area contributed by atoms with Crippen molar-refractivity contribution >= 4 is 11.9 Å². The molecule has 1 atom stereocenters. The molecule has 1 fully saturated rings. The van der Waals surface area contributed by atoms with E-state index in [0.717, 1.165) is 18.5 Å². The second-order valence-corrected chi connectivity index (χ2v) is 6.95. The van der Waals surface area contributed by atoms with E-state index in [0.29, 0.717) is 11.9 Å². The molecule has 0 saturated carbocycles. The van der Waals surface area contributed by atoms with E-state index in [2.05, 4.69) is 23.0 Å². The molecule has 1 aromatic heterocycles. The highest BCUT2D eigenvalue weighted by molar-refractivity contribution is 5.87. The van der Waals surface area contributed by atoms with Gasteiger partial charge >= 0.3 is 6.09 Å². The number of nitrogens with zero attached hydrogens (tertiary/aromatic N) is 3. The third-order valence-corrected chi connectivity index (χ3v) is 3.93. The Bertz CT molecular complexity index is 525. The summed E-state index contributed by atoms with van der Waals surface area (Å²) in [7, 11) is 3.86. The minimum absolute atomic E-state index is 0.308. The van der Waals surface area contributed by atoms with Gasteiger partial charge in [0, 0.05) is 24.8 Å². The van der Waals surface area contributed by atoms with Crippen LogP contribution in [0.5, 0.6) is 0 Å². The highest BCUT2D eigenvalue weighted by atomic mass is 16.6. The summed E-state index contributed by atoms with van der Waals surface area (Å²) in [5, 5.41) is 0. The number of likely N-dealkylation sites (tertiary alicyclic amines) is 1. The van der Waals surface area contributed by atoms with E-state index in [9.17, 15) is 4.79 Å². The molecule has 1 saturated heterocycles. The lowest BCUT2D eigenvalue weighted by atomic mass is 9.96. The summed E-state index contributed by atoms with van der Waals surface area (Å²) in [6, 6.07) is 4.31. The van der Waals surface area contributed by atoms with Crippen molar-refractivity contribution in [3.63, 3.8) is 0 Å². The van der Waals surface area contributed by atoms with Gasteiger partial charge in [-0.2, -0.15) is 0 Å². The van der Waals surface area contributed by atoms with Crippen LogP contribution < -0.4 is 4.90 Å². The maximum atomic E-state index is 12.3. The lowest BCUT2D eigenvalue weighted by Gasteiger charge is -2.34. The molecule has 2 rings (SSSR count). The highest BCUT2D eigenvalue weighted by Crippen LogP contribution is 2.34. The fourth-order valence-corrected chi connectivity index (χ4v) is 2.83. The first-order valence-electron chi connectivity index (χ1n) is 7.91. The SMILES string of the molecule is CN(C(=O)OC(C)(C)C)c1ncccc1[C@H]1CCCCN1C. The Balaban J connectivity index is 2.26. The van der Waals surface area contributed by atoms with Crippen molar-refractivity contribution < 1.29 is 9.53 Å². The van der Waals surface area contributed by atoms with Crippen molar-refractivity contribution in [2.24, 2.45) is 0 Å². The lowest BCUT2D eigenvalue weighted by molar-refractivity contribution is 0.0587. The first kappa shape index (κ1) is 16.7. The molecule has 5 heteroatoms. The second kappa shape index (κ2) is 6.65. The average molecular weight is 305 g/mol. The monoisotopic (exact) mass is 305 g/mol. The fourth-order valence-electron chi connectivity index (χ4n) is 2.83. The standard InChI is InChI=1S/C17H27N3O2/c1-17(2,3)22-16(21)20(5)15-13(9-8-11-18-15)14-10-6-7-12-19(14)4/h8-9,11,14H,6-7,10,12H2,1-5H3/t14-/m1/s1. The average Bonchev–Trinajstić information content (AvgIpc) is 2.45. The molecule has 1 aliphatic rings. The third-order valence-electron chi connectivity index (χ3n) is 3.93. The summed E-state index contributed by atoms with van der Waals surface area (Å²) in [4.78, 5) is 20.6. The van der Waals surface area contributed by atoms with Crippen LogP contribution in [-0.2, 0) is 4.74 Å². The predicted molar refractivity (Wildman–Crippen MR) is 88.1 cm³/mol. The van der Waals surface area contributed by atoms with Crippen molar-refractivity contribution in [2.45, 2.75) is 51.7 Å². The number of hydrogen-bond donors (Lipinski definition) is 0. The first-order chi connectivity index (χ1) is 10.3. The summed E-state index contributed by atoms with van der Waals surface area (Å²) in [6.45, 7) is 6.68. The molecular formula is C17H27N3O2. The molecule has 0 radical (unpaired) electrons. The molecule has 0 bridgehead atoms. The van der Waals surface area contributed by atoms with Gasteiger partial charge in [-0.1, -0.05) is 12.5 Å². The maximum Gasteiger partial charge on any atom is 0.415 e. The molecule has 0 aliphatic carbocycles. The van der Waals surface area contributed by atoms with Gasteiger partial charge in [0.25, 0.3) is 0 Å². The topological polar surface area (TPSA) is 45.7 Å². The number of carbonyl (C=O) groups is 1. The van der Waals surface area contributed by atoms with Crippen molar-refractivity contribution in [1.29, 1.82) is 0 Å². The van der Waals surface area contributed by atoms with Crippen LogP contribution in [0.4, 0.5) is 10.6 Å². The van der Waals surface area contributed by atoms with E-state index < -0.39 is 5.60 Å². The molecular weight excluding hydrogens is 278 g/mol. The Morgan fingerprint density at radius 1 is 1.41 bits per heavy atom. The van der Waals surface area contributed by atoms with Crippen molar-refractivity contribution in [2.75, 3.05) is 25.5 Å². The Morgan fingerprint density at radius 3 is 2.77 bits per heavy atom. The molecule has 0 spiro atoms. The summed E-state index contributed by atoms with van der Waals surface area (Å²) < 4.78 is 5.46. The molecule has 22 heavy (non-hydrogen) atoms. The highest BCUT2D eigenvalue weighted by Gasteiger charge is 2.28. The quantitative estimate of drug-likeness (QED) is 0.837. The number of amides is 1. The van der Waals surface area contributed by atoms with Crippen LogP contribution in [0.15, 0.2) is 18.3 Å². The van der Waals surface area contributed by atoms with E-state index in [4.69, 9.17) is 4.74 Å². The first-order valence-corrected chi connectivity index (χ1v) is 7.91. The van der Waals surface area contributed by atoms with Gasteiger partial charge in [-0.15, -0.1) is 0 Å². The molecule has 1 aliphatic heterocycles. The minimum atomic E-state index is -0.512. The Labute approximate surface area is 133 Å². The van der Waals surface area contributed by atoms with Crippen LogP contribution in [0.2, 0.25) is 0 Å². The second-order valence-electron chi connectivity index (χ2n) is 6.95. The van der Waals surface area contributed by atoms with Crippen LogP contribution in [0.25, 0.3) is 0 Å². The van der Waals surface area contributed by atoms with Crippen LogP contribution in [0.1, 0.15) is 51.6 Å². The predicted octanol–water partition coefficient (Wildman–Crippen LogP) is 3.61. The molecule has 0 N–H and O–H groups in total. The summed E-state index contributed by atoms with van der Waals surface area (Å²) >= 11 is 0. The van der Waals surface area contributed by atoms with Gasteiger partial charge in [-0.3, -0.25) is 9.80 Å². The van der Waals surface area contributed by atoms with E-state index in [1.54, 1.807) is 13.2 Å². The van der Waals surface area contributed by atoms with Crippen LogP contribution >= 0.6 is 0 Å². The number of piperidine rings is 1. The molecule has 122 valence electrons. The number of hydrogen-bond acceptors (Lipinski definition) is 4. The molecule has 2 heterocycles. The van der Waals surface area contributed by atoms with Crippen LogP contribution in [-0.4, -0.2) is 42.2 Å². The normalized spacial score (nSPS) is 19.8. The molecule has 1 aromatic rings. The van der Waals surface area contributed by atoms with Crippen molar-refractivity contribution in [3.05, 3.63) is 23.9 Å². The van der Waals surface area contributed by atoms with Crippen molar-refractivity contribution in [1.82, 2.24) is 9.88 Å². The molecule has 5 nitrogen and oxygen atoms in total. The molecule has 0 unspecified atom stereocenters. The maximum absolute atomic E-state index is 12.3. The van der Waals surface area contributed by atoms with Gasteiger partial charge in [0.2, 0.25) is 0 Å². The van der Waals surface area contributed by atoms with E-state index in [-0.39, 0.29) is 6.09 Å². The zero-order chi connectivity index (χ0) is 16.3. The number of pyridine rings is 1. The van der Waals surface area contributed by atoms with Crippen LogP contribution in [0, 0.1) is 0 Å². The van der Waals surface area contributed by atoms with Gasteiger partial charge in [0.1, 0.15) is 11.4 Å². The Hall–Kier alpha value is -1.62. The summed E-state index contributed by atoms with van der Waals surface area (Å²) in [6.07, 6.45) is 4.88. The Kier molecular flexibility index (Phi) is 5.06. The smallest absolute Gasteiger partial charge is 0.415 e. The van der Waals surface area contributed by atoms with Gasteiger partial charge in [-0.25, -0.2) is 9.78 Å². The number of aromatic nitrogens is 1. The lowest BCUT2D eigenvalue weighted by Crippen LogP contribution is -2.36. The minimum Gasteiger partial charge on any atom is -0.443 e.